The van der Waals surface area contributed by atoms with E-state index in [-0.39, 0.29) is 6.04 Å². The van der Waals surface area contributed by atoms with E-state index in [9.17, 15) is 8.42 Å². The van der Waals surface area contributed by atoms with Gasteiger partial charge in [0, 0.05) is 28.1 Å². The van der Waals surface area contributed by atoms with Crippen molar-refractivity contribution < 1.29 is 8.42 Å². The molecule has 1 aliphatic rings. The highest BCUT2D eigenvalue weighted by molar-refractivity contribution is 7.89. The van der Waals surface area contributed by atoms with Gasteiger partial charge in [0.25, 0.3) is 0 Å². The maximum atomic E-state index is 13.1. The van der Waals surface area contributed by atoms with Crippen molar-refractivity contribution in [1.29, 1.82) is 0 Å². The maximum absolute atomic E-state index is 13.1. The third kappa shape index (κ3) is 2.80. The average Bonchev–Trinajstić information content (AvgIpc) is 2.94. The Bertz CT molecular complexity index is 746. The summed E-state index contributed by atoms with van der Waals surface area (Å²) in [6.07, 6.45) is 1.82. The minimum Gasteiger partial charge on any atom is -0.306 e. The molecule has 6 heteroatoms. The van der Waals surface area contributed by atoms with Crippen LogP contribution in [-0.4, -0.2) is 50.3 Å². The van der Waals surface area contributed by atoms with Crippen LogP contribution in [0, 0.1) is 0 Å². The van der Waals surface area contributed by atoms with Crippen molar-refractivity contribution in [2.24, 2.45) is 0 Å². The number of likely N-dealkylation sites (tertiary alicyclic amines) is 1. The molecule has 0 atom stereocenters. The quantitative estimate of drug-likeness (QED) is 0.860. The van der Waals surface area contributed by atoms with Gasteiger partial charge < -0.3 is 4.90 Å². The molecule has 1 aromatic heterocycles. The second-order valence-corrected chi connectivity index (χ2v) is 8.61. The van der Waals surface area contributed by atoms with Crippen molar-refractivity contribution in [3.05, 3.63) is 29.6 Å². The standard InChI is InChI=1S/C16H22N2O2S2/c1-3-18(13-8-10-17(2)11-9-13)22(19,20)16-12-21-15-7-5-4-6-14(15)16/h4-7,12-13H,3,8-11H2,1-2H3. The average molecular weight is 338 g/mol. The monoisotopic (exact) mass is 338 g/mol. The summed E-state index contributed by atoms with van der Waals surface area (Å²) in [6.45, 7) is 4.38. The highest BCUT2D eigenvalue weighted by atomic mass is 32.2. The zero-order chi connectivity index (χ0) is 15.7. The van der Waals surface area contributed by atoms with Crippen LogP contribution >= 0.6 is 11.3 Å². The third-order valence-corrected chi connectivity index (χ3v) is 7.62. The molecule has 22 heavy (non-hydrogen) atoms. The van der Waals surface area contributed by atoms with E-state index in [0.717, 1.165) is 36.0 Å². The van der Waals surface area contributed by atoms with Gasteiger partial charge in [-0.1, -0.05) is 25.1 Å². The first-order valence-corrected chi connectivity index (χ1v) is 10.0. The Labute approximate surface area is 136 Å². The van der Waals surface area contributed by atoms with Gasteiger partial charge in [-0.2, -0.15) is 4.31 Å². The zero-order valence-electron chi connectivity index (χ0n) is 13.0. The Kier molecular flexibility index (Phi) is 4.54. The van der Waals surface area contributed by atoms with Gasteiger partial charge in [0.05, 0.1) is 0 Å². The number of hydrogen-bond donors (Lipinski definition) is 0. The molecular weight excluding hydrogens is 316 g/mol. The van der Waals surface area contributed by atoms with Crippen LogP contribution in [0.2, 0.25) is 0 Å². The number of piperidine rings is 1. The van der Waals surface area contributed by atoms with Crippen LogP contribution in [-0.2, 0) is 10.0 Å². The normalized spacial score (nSPS) is 18.3. The lowest BCUT2D eigenvalue weighted by molar-refractivity contribution is 0.186. The van der Waals surface area contributed by atoms with Gasteiger partial charge >= 0.3 is 0 Å². The first-order chi connectivity index (χ1) is 10.5. The molecule has 0 N–H and O–H groups in total. The molecule has 3 rings (SSSR count). The lowest BCUT2D eigenvalue weighted by atomic mass is 10.1. The van der Waals surface area contributed by atoms with Crippen molar-refractivity contribution in [3.8, 4) is 0 Å². The van der Waals surface area contributed by atoms with E-state index in [1.807, 2.05) is 31.2 Å². The van der Waals surface area contributed by atoms with Crippen LogP contribution in [0.3, 0.4) is 0 Å². The summed E-state index contributed by atoms with van der Waals surface area (Å²) in [5.41, 5.74) is 0. The minimum atomic E-state index is -3.43. The summed E-state index contributed by atoms with van der Waals surface area (Å²) in [6, 6.07) is 7.85. The molecule has 0 unspecified atom stereocenters. The van der Waals surface area contributed by atoms with Crippen molar-refractivity contribution in [2.75, 3.05) is 26.7 Å². The molecule has 1 aromatic carbocycles. The van der Waals surface area contributed by atoms with Gasteiger partial charge in [-0.15, -0.1) is 11.3 Å². The number of hydrogen-bond acceptors (Lipinski definition) is 4. The first-order valence-electron chi connectivity index (χ1n) is 7.70. The predicted octanol–water partition coefficient (Wildman–Crippen LogP) is 3.01. The van der Waals surface area contributed by atoms with Crippen LogP contribution in [0.4, 0.5) is 0 Å². The lowest BCUT2D eigenvalue weighted by Gasteiger charge is -2.35. The van der Waals surface area contributed by atoms with Crippen molar-refractivity contribution in [3.63, 3.8) is 0 Å². The minimum absolute atomic E-state index is 0.116. The second-order valence-electron chi connectivity index (χ2n) is 5.84. The molecule has 120 valence electrons. The van der Waals surface area contributed by atoms with E-state index in [2.05, 4.69) is 11.9 Å². The SMILES string of the molecule is CCN(C1CCN(C)CC1)S(=O)(=O)c1csc2ccccc12. The number of benzene rings is 1. The van der Waals surface area contributed by atoms with Gasteiger partial charge in [-0.3, -0.25) is 0 Å². The Morgan fingerprint density at radius 2 is 1.95 bits per heavy atom. The second kappa shape index (κ2) is 6.28. The van der Waals surface area contributed by atoms with Crippen LogP contribution in [0.5, 0.6) is 0 Å². The molecule has 4 nitrogen and oxygen atoms in total. The molecule has 1 fully saturated rings. The highest BCUT2D eigenvalue weighted by Gasteiger charge is 2.33. The Morgan fingerprint density at radius 3 is 2.64 bits per heavy atom. The number of rotatable bonds is 4. The fourth-order valence-corrected chi connectivity index (χ4v) is 6.36. The maximum Gasteiger partial charge on any atom is 0.244 e. The van der Waals surface area contributed by atoms with Crippen LogP contribution in [0.15, 0.2) is 34.5 Å². The van der Waals surface area contributed by atoms with E-state index in [0.29, 0.717) is 11.4 Å². The molecule has 1 saturated heterocycles. The van der Waals surface area contributed by atoms with E-state index in [4.69, 9.17) is 0 Å². The molecule has 1 aliphatic heterocycles. The fraction of sp³-hybridized carbons (Fsp3) is 0.500. The molecule has 2 aromatic rings. The van der Waals surface area contributed by atoms with Gasteiger partial charge in [-0.05, 0) is 39.0 Å². The largest absolute Gasteiger partial charge is 0.306 e. The van der Waals surface area contributed by atoms with Gasteiger partial charge in [-0.25, -0.2) is 8.42 Å². The molecule has 0 saturated carbocycles. The summed E-state index contributed by atoms with van der Waals surface area (Å²) in [5.74, 6) is 0. The first kappa shape index (κ1) is 15.9. The Hall–Kier alpha value is -0.950. The molecule has 0 bridgehead atoms. The summed E-state index contributed by atoms with van der Waals surface area (Å²) < 4.78 is 29.0. The summed E-state index contributed by atoms with van der Waals surface area (Å²) in [7, 11) is -1.34. The number of thiophene rings is 1. The Morgan fingerprint density at radius 1 is 1.27 bits per heavy atom. The molecule has 0 radical (unpaired) electrons. The topological polar surface area (TPSA) is 40.6 Å². The number of nitrogens with zero attached hydrogens (tertiary/aromatic N) is 2. The molecule has 2 heterocycles. The highest BCUT2D eigenvalue weighted by Crippen LogP contribution is 2.33. The lowest BCUT2D eigenvalue weighted by Crippen LogP contribution is -2.46. The van der Waals surface area contributed by atoms with Crippen LogP contribution in [0.1, 0.15) is 19.8 Å². The van der Waals surface area contributed by atoms with E-state index < -0.39 is 10.0 Å². The van der Waals surface area contributed by atoms with Crippen molar-refractivity contribution in [2.45, 2.75) is 30.7 Å². The van der Waals surface area contributed by atoms with Gasteiger partial charge in [0.15, 0.2) is 0 Å². The van der Waals surface area contributed by atoms with Crippen molar-refractivity contribution >= 4 is 31.4 Å². The van der Waals surface area contributed by atoms with E-state index in [1.165, 1.54) is 11.3 Å². The van der Waals surface area contributed by atoms with Crippen molar-refractivity contribution in [1.82, 2.24) is 9.21 Å². The predicted molar refractivity (Wildman–Crippen MR) is 91.9 cm³/mol. The van der Waals surface area contributed by atoms with Gasteiger partial charge in [0.2, 0.25) is 10.0 Å². The van der Waals surface area contributed by atoms with E-state index in [1.54, 1.807) is 9.69 Å². The molecule has 0 spiro atoms. The molecule has 0 aliphatic carbocycles. The summed E-state index contributed by atoms with van der Waals surface area (Å²) in [4.78, 5) is 2.73. The Balaban J connectivity index is 1.96. The van der Waals surface area contributed by atoms with Crippen LogP contribution < -0.4 is 0 Å². The third-order valence-electron chi connectivity index (χ3n) is 4.44. The molecule has 0 amide bonds. The summed E-state index contributed by atoms with van der Waals surface area (Å²) >= 11 is 1.50. The summed E-state index contributed by atoms with van der Waals surface area (Å²) in [5, 5.41) is 2.64. The number of fused-ring (bicyclic) bond motifs is 1. The molecular formula is C16H22N2O2S2. The van der Waals surface area contributed by atoms with Gasteiger partial charge in [0.1, 0.15) is 4.90 Å². The van der Waals surface area contributed by atoms with E-state index >= 15 is 0 Å². The zero-order valence-corrected chi connectivity index (χ0v) is 14.7. The number of sulfonamides is 1. The fourth-order valence-electron chi connectivity index (χ4n) is 3.19. The smallest absolute Gasteiger partial charge is 0.244 e. The van der Waals surface area contributed by atoms with Crippen LogP contribution in [0.25, 0.3) is 10.1 Å².